The second-order valence-corrected chi connectivity index (χ2v) is 5.85. The van der Waals surface area contributed by atoms with Crippen LogP contribution in [0.3, 0.4) is 0 Å². The van der Waals surface area contributed by atoms with Gasteiger partial charge in [-0.1, -0.05) is 30.3 Å². The predicted molar refractivity (Wildman–Crippen MR) is 86.5 cm³/mol. The van der Waals surface area contributed by atoms with E-state index >= 15 is 0 Å². The molecule has 1 aliphatic rings. The lowest BCUT2D eigenvalue weighted by Gasteiger charge is -2.19. The maximum atomic E-state index is 11.9. The molecule has 0 amide bonds. The molecule has 3 rings (SSSR count). The van der Waals surface area contributed by atoms with E-state index in [1.165, 1.54) is 16.8 Å². The van der Waals surface area contributed by atoms with Crippen LogP contribution in [-0.2, 0) is 16.1 Å². The molecule has 0 saturated carbocycles. The Kier molecular flexibility index (Phi) is 5.24. The van der Waals surface area contributed by atoms with Crippen molar-refractivity contribution >= 4 is 0 Å². The van der Waals surface area contributed by atoms with Crippen molar-refractivity contribution in [3.8, 4) is 0 Å². The van der Waals surface area contributed by atoms with E-state index in [4.69, 9.17) is 9.47 Å². The van der Waals surface area contributed by atoms with Crippen molar-refractivity contribution < 1.29 is 14.6 Å². The molecule has 0 bridgehead atoms. The van der Waals surface area contributed by atoms with E-state index < -0.39 is 17.5 Å². The molecule has 2 N–H and O–H groups in total. The first kappa shape index (κ1) is 16.6. The fraction of sp³-hybridized carbons (Fsp3) is 0.412. The molecule has 1 aromatic carbocycles. The van der Waals surface area contributed by atoms with Gasteiger partial charge in [-0.3, -0.25) is 14.3 Å². The van der Waals surface area contributed by atoms with Crippen LogP contribution in [-0.4, -0.2) is 34.0 Å². The first-order valence-electron chi connectivity index (χ1n) is 7.87. The Hall–Kier alpha value is -2.22. The van der Waals surface area contributed by atoms with Crippen LogP contribution in [0.25, 0.3) is 0 Å². The maximum absolute atomic E-state index is 11.9. The molecule has 3 unspecified atom stereocenters. The van der Waals surface area contributed by atoms with Crippen LogP contribution < -0.4 is 11.2 Å². The number of H-pyrrole nitrogens is 1. The number of nitrogens with one attached hydrogen (secondary N) is 1. The normalized spacial score (nSPS) is 23.5. The summed E-state index contributed by atoms with van der Waals surface area (Å²) in [5.41, 5.74) is 0.0666. The summed E-state index contributed by atoms with van der Waals surface area (Å²) in [4.78, 5) is 25.3. The number of hydrogen-bond donors (Lipinski definition) is 2. The minimum Gasteiger partial charge on any atom is -0.396 e. The summed E-state index contributed by atoms with van der Waals surface area (Å²) in [6.07, 6.45) is 1.16. The van der Waals surface area contributed by atoms with E-state index in [1.807, 2.05) is 30.3 Å². The van der Waals surface area contributed by atoms with E-state index in [0.29, 0.717) is 19.6 Å². The van der Waals surface area contributed by atoms with Gasteiger partial charge in [0.15, 0.2) is 0 Å². The molecule has 1 aliphatic heterocycles. The molecule has 1 fully saturated rings. The average Bonchev–Trinajstić information content (AvgIpc) is 2.99. The summed E-state index contributed by atoms with van der Waals surface area (Å²) >= 11 is 0. The van der Waals surface area contributed by atoms with Crippen molar-refractivity contribution in [1.82, 2.24) is 9.55 Å². The van der Waals surface area contributed by atoms with Gasteiger partial charge in [0, 0.05) is 18.2 Å². The van der Waals surface area contributed by atoms with E-state index in [-0.39, 0.29) is 18.6 Å². The van der Waals surface area contributed by atoms with E-state index in [1.54, 1.807) is 0 Å². The number of aliphatic hydroxyl groups is 1. The highest BCUT2D eigenvalue weighted by Crippen LogP contribution is 2.33. The number of hydrogen-bond acceptors (Lipinski definition) is 5. The van der Waals surface area contributed by atoms with E-state index in [2.05, 4.69) is 4.98 Å². The topological polar surface area (TPSA) is 93.5 Å². The summed E-state index contributed by atoms with van der Waals surface area (Å²) in [6, 6.07) is 11.1. The smallest absolute Gasteiger partial charge is 0.330 e. The minimum absolute atomic E-state index is 0.106. The Balaban J connectivity index is 1.62. The Bertz CT molecular complexity index is 770. The molecular weight excluding hydrogens is 312 g/mol. The number of aliphatic hydroxyl groups excluding tert-OH is 1. The summed E-state index contributed by atoms with van der Waals surface area (Å²) in [5.74, 6) is -0.223. The third-order valence-electron chi connectivity index (χ3n) is 4.08. The van der Waals surface area contributed by atoms with Crippen LogP contribution in [0.5, 0.6) is 0 Å². The van der Waals surface area contributed by atoms with Gasteiger partial charge in [-0.25, -0.2) is 4.79 Å². The molecule has 7 heteroatoms. The first-order valence-corrected chi connectivity index (χ1v) is 7.87. The second kappa shape index (κ2) is 7.57. The van der Waals surface area contributed by atoms with Crippen molar-refractivity contribution in [1.29, 1.82) is 0 Å². The van der Waals surface area contributed by atoms with Crippen LogP contribution in [0.15, 0.2) is 52.2 Å². The van der Waals surface area contributed by atoms with Gasteiger partial charge in [0.05, 0.1) is 25.9 Å². The van der Waals surface area contributed by atoms with E-state index in [9.17, 15) is 14.7 Å². The zero-order valence-electron chi connectivity index (χ0n) is 13.1. The summed E-state index contributed by atoms with van der Waals surface area (Å²) in [7, 11) is 0. The Morgan fingerprint density at radius 1 is 1.25 bits per heavy atom. The predicted octanol–water partition coefficient (Wildman–Crippen LogP) is 0.649. The number of nitrogens with zero attached hydrogens (tertiary/aromatic N) is 1. The molecule has 7 nitrogen and oxygen atoms in total. The maximum Gasteiger partial charge on any atom is 0.330 e. The number of benzene rings is 1. The molecule has 2 aromatic rings. The molecular formula is C17H20N2O5. The SMILES string of the molecule is O=c1ccn(C2OC(COCc3ccccc3)CC2CO)c(=O)[nH]1. The molecule has 128 valence electrons. The fourth-order valence-electron chi connectivity index (χ4n) is 2.89. The van der Waals surface area contributed by atoms with Gasteiger partial charge in [0.25, 0.3) is 5.56 Å². The molecule has 1 aromatic heterocycles. The Morgan fingerprint density at radius 3 is 2.75 bits per heavy atom. The van der Waals surface area contributed by atoms with Crippen LogP contribution in [0.2, 0.25) is 0 Å². The zero-order chi connectivity index (χ0) is 16.9. The molecule has 0 radical (unpaired) electrons. The van der Waals surface area contributed by atoms with Gasteiger partial charge in [-0.2, -0.15) is 0 Å². The lowest BCUT2D eigenvalue weighted by Crippen LogP contribution is -2.34. The second-order valence-electron chi connectivity index (χ2n) is 5.85. The minimum atomic E-state index is -0.607. The van der Waals surface area contributed by atoms with Gasteiger partial charge in [0.2, 0.25) is 0 Å². The summed E-state index contributed by atoms with van der Waals surface area (Å²) in [5, 5.41) is 9.56. The number of ether oxygens (including phenoxy) is 2. The van der Waals surface area contributed by atoms with Crippen molar-refractivity contribution in [2.24, 2.45) is 5.92 Å². The standard InChI is InChI=1S/C17H20N2O5/c20-9-13-8-14(11-23-10-12-4-2-1-3-5-12)24-16(13)19-7-6-15(21)18-17(19)22/h1-7,13-14,16,20H,8-11H2,(H,18,21,22). The third kappa shape index (κ3) is 3.81. The van der Waals surface area contributed by atoms with Crippen LogP contribution in [0.4, 0.5) is 0 Å². The number of aromatic amines is 1. The van der Waals surface area contributed by atoms with Crippen LogP contribution >= 0.6 is 0 Å². The fourth-order valence-corrected chi connectivity index (χ4v) is 2.89. The van der Waals surface area contributed by atoms with Gasteiger partial charge < -0.3 is 14.6 Å². The quantitative estimate of drug-likeness (QED) is 0.810. The van der Waals surface area contributed by atoms with Gasteiger partial charge >= 0.3 is 5.69 Å². The Labute approximate surface area is 138 Å². The van der Waals surface area contributed by atoms with Crippen LogP contribution in [0.1, 0.15) is 18.2 Å². The zero-order valence-corrected chi connectivity index (χ0v) is 13.1. The number of rotatable bonds is 6. The molecule has 0 spiro atoms. The van der Waals surface area contributed by atoms with Gasteiger partial charge in [-0.15, -0.1) is 0 Å². The van der Waals surface area contributed by atoms with Gasteiger partial charge in [-0.05, 0) is 12.0 Å². The average molecular weight is 332 g/mol. The highest BCUT2D eigenvalue weighted by molar-refractivity contribution is 5.13. The van der Waals surface area contributed by atoms with Crippen molar-refractivity contribution in [2.75, 3.05) is 13.2 Å². The van der Waals surface area contributed by atoms with E-state index in [0.717, 1.165) is 5.56 Å². The van der Waals surface area contributed by atoms with Crippen molar-refractivity contribution in [3.05, 3.63) is 69.0 Å². The molecule has 2 heterocycles. The first-order chi connectivity index (χ1) is 11.7. The lowest BCUT2D eigenvalue weighted by molar-refractivity contribution is -0.0572. The number of aromatic nitrogens is 2. The van der Waals surface area contributed by atoms with Crippen molar-refractivity contribution in [3.63, 3.8) is 0 Å². The molecule has 0 aliphatic carbocycles. The lowest BCUT2D eigenvalue weighted by atomic mass is 10.0. The molecule has 1 saturated heterocycles. The highest BCUT2D eigenvalue weighted by Gasteiger charge is 2.36. The Morgan fingerprint density at radius 2 is 2.04 bits per heavy atom. The van der Waals surface area contributed by atoms with Gasteiger partial charge in [0.1, 0.15) is 6.23 Å². The molecule has 3 atom stereocenters. The highest BCUT2D eigenvalue weighted by atomic mass is 16.6. The molecule has 24 heavy (non-hydrogen) atoms. The summed E-state index contributed by atoms with van der Waals surface area (Å²) in [6.45, 7) is 0.749. The third-order valence-corrected chi connectivity index (χ3v) is 4.08. The van der Waals surface area contributed by atoms with Crippen LogP contribution in [0, 0.1) is 5.92 Å². The largest absolute Gasteiger partial charge is 0.396 e. The van der Waals surface area contributed by atoms with Crippen molar-refractivity contribution in [2.45, 2.75) is 25.4 Å². The monoisotopic (exact) mass is 332 g/mol. The summed E-state index contributed by atoms with van der Waals surface area (Å²) < 4.78 is 12.8.